The van der Waals surface area contributed by atoms with E-state index in [1.54, 1.807) is 20.8 Å². The van der Waals surface area contributed by atoms with Crippen molar-refractivity contribution >= 4 is 23.7 Å². The van der Waals surface area contributed by atoms with Crippen molar-refractivity contribution in [1.29, 1.82) is 0 Å². The second-order valence-electron chi connectivity index (χ2n) is 3.82. The van der Waals surface area contributed by atoms with Crippen LogP contribution < -0.4 is 5.32 Å². The van der Waals surface area contributed by atoms with Crippen molar-refractivity contribution in [3.05, 3.63) is 11.3 Å². The highest BCUT2D eigenvalue weighted by Gasteiger charge is 2.19. The van der Waals surface area contributed by atoms with Gasteiger partial charge in [0.25, 0.3) is 0 Å². The molecule has 0 atom stereocenters. The molecule has 1 heterocycles. The molecule has 1 rings (SSSR count). The van der Waals surface area contributed by atoms with E-state index in [9.17, 15) is 14.4 Å². The Labute approximate surface area is 115 Å². The van der Waals surface area contributed by atoms with Crippen LogP contribution in [0.1, 0.15) is 36.3 Å². The normalized spacial score (nSPS) is 9.95. The Balaban J connectivity index is 2.67. The summed E-state index contributed by atoms with van der Waals surface area (Å²) >= 11 is 0. The number of hydrogen-bond donors (Lipinski definition) is 2. The van der Waals surface area contributed by atoms with E-state index in [4.69, 9.17) is 4.74 Å². The molecule has 2 N–H and O–H groups in total. The molecular weight excluding hydrogens is 266 g/mol. The van der Waals surface area contributed by atoms with Gasteiger partial charge in [-0.25, -0.2) is 4.79 Å². The van der Waals surface area contributed by atoms with Crippen LogP contribution in [0.5, 0.6) is 0 Å². The van der Waals surface area contributed by atoms with E-state index in [-0.39, 0.29) is 24.7 Å². The Morgan fingerprint density at radius 1 is 1.20 bits per heavy atom. The number of amides is 1. The molecule has 1 aromatic heterocycles. The summed E-state index contributed by atoms with van der Waals surface area (Å²) in [5.74, 6) is -1.55. The fraction of sp³-hybridized carbons (Fsp3) is 0.500. The van der Waals surface area contributed by atoms with Crippen LogP contribution in [0.15, 0.2) is 0 Å². The van der Waals surface area contributed by atoms with E-state index in [1.807, 2.05) is 0 Å². The lowest BCUT2D eigenvalue weighted by molar-refractivity contribution is -0.145. The zero-order valence-electron chi connectivity index (χ0n) is 11.6. The van der Waals surface area contributed by atoms with E-state index in [2.05, 4.69) is 20.3 Å². The maximum Gasteiger partial charge on any atom is 0.356 e. The molecule has 0 saturated heterocycles. The fourth-order valence-corrected chi connectivity index (χ4v) is 1.44. The molecule has 1 amide bonds. The lowest BCUT2D eigenvalue weighted by atomic mass is 10.2. The SMILES string of the molecule is CCOC(=O)CC(=O)Nc1n[nH]c(C(=O)OCC)c1C. The van der Waals surface area contributed by atoms with Crippen molar-refractivity contribution in [2.24, 2.45) is 0 Å². The summed E-state index contributed by atoms with van der Waals surface area (Å²) in [6, 6.07) is 0. The summed E-state index contributed by atoms with van der Waals surface area (Å²) in [6.45, 7) is 5.39. The van der Waals surface area contributed by atoms with E-state index >= 15 is 0 Å². The van der Waals surface area contributed by atoms with Crippen molar-refractivity contribution in [1.82, 2.24) is 10.2 Å². The summed E-state index contributed by atoms with van der Waals surface area (Å²) in [7, 11) is 0. The van der Waals surface area contributed by atoms with Gasteiger partial charge in [-0.1, -0.05) is 0 Å². The predicted molar refractivity (Wildman–Crippen MR) is 69.2 cm³/mol. The summed E-state index contributed by atoms with van der Waals surface area (Å²) < 4.78 is 9.48. The number of carbonyl (C=O) groups is 3. The number of H-pyrrole nitrogens is 1. The topological polar surface area (TPSA) is 110 Å². The molecule has 0 saturated carbocycles. The minimum atomic E-state index is -0.621. The summed E-state index contributed by atoms with van der Waals surface area (Å²) in [4.78, 5) is 34.3. The second-order valence-corrected chi connectivity index (χ2v) is 3.82. The van der Waals surface area contributed by atoms with Gasteiger partial charge in [-0.15, -0.1) is 0 Å². The predicted octanol–water partition coefficient (Wildman–Crippen LogP) is 0.787. The van der Waals surface area contributed by atoms with Crippen LogP contribution in [0.3, 0.4) is 0 Å². The van der Waals surface area contributed by atoms with Gasteiger partial charge in [0.15, 0.2) is 5.82 Å². The summed E-state index contributed by atoms with van der Waals surface area (Å²) in [5.41, 5.74) is 0.610. The van der Waals surface area contributed by atoms with Crippen LogP contribution in [-0.4, -0.2) is 41.3 Å². The minimum absolute atomic E-state index is 0.165. The Hall–Kier alpha value is -2.38. The van der Waals surface area contributed by atoms with Gasteiger partial charge in [0, 0.05) is 5.56 Å². The zero-order valence-corrected chi connectivity index (χ0v) is 11.6. The van der Waals surface area contributed by atoms with Gasteiger partial charge in [0.1, 0.15) is 12.1 Å². The van der Waals surface area contributed by atoms with Gasteiger partial charge in [0.2, 0.25) is 5.91 Å². The van der Waals surface area contributed by atoms with Crippen molar-refractivity contribution in [2.75, 3.05) is 18.5 Å². The van der Waals surface area contributed by atoms with E-state index in [1.165, 1.54) is 0 Å². The number of aromatic nitrogens is 2. The number of rotatable bonds is 6. The first kappa shape index (κ1) is 15.7. The molecule has 8 heteroatoms. The maximum absolute atomic E-state index is 11.6. The number of carbonyl (C=O) groups excluding carboxylic acids is 3. The standard InChI is InChI=1S/C12H17N3O5/c1-4-19-9(17)6-8(16)13-11-7(3)10(14-15-11)12(18)20-5-2/h4-6H2,1-3H3,(H2,13,14,15,16). The molecule has 1 aromatic rings. The average Bonchev–Trinajstić information content (AvgIpc) is 2.71. The van der Waals surface area contributed by atoms with Crippen LogP contribution in [0.25, 0.3) is 0 Å². The first-order valence-corrected chi connectivity index (χ1v) is 6.17. The highest BCUT2D eigenvalue weighted by molar-refractivity contribution is 6.02. The zero-order chi connectivity index (χ0) is 15.1. The highest BCUT2D eigenvalue weighted by Crippen LogP contribution is 2.16. The largest absolute Gasteiger partial charge is 0.466 e. The number of ether oxygens (including phenoxy) is 2. The monoisotopic (exact) mass is 283 g/mol. The fourth-order valence-electron chi connectivity index (χ4n) is 1.44. The van der Waals surface area contributed by atoms with Gasteiger partial charge in [-0.05, 0) is 20.8 Å². The Kier molecular flexibility index (Phi) is 5.70. The second kappa shape index (κ2) is 7.27. The summed E-state index contributed by atoms with van der Waals surface area (Å²) in [5, 5.41) is 8.72. The molecule has 0 aliphatic heterocycles. The Morgan fingerprint density at radius 2 is 1.85 bits per heavy atom. The molecule has 8 nitrogen and oxygen atoms in total. The number of nitrogens with one attached hydrogen (secondary N) is 2. The first-order chi connectivity index (χ1) is 9.49. The molecule has 0 radical (unpaired) electrons. The molecular formula is C12H17N3O5. The Morgan fingerprint density at radius 3 is 2.45 bits per heavy atom. The van der Waals surface area contributed by atoms with Crippen LogP contribution in [0.2, 0.25) is 0 Å². The number of aromatic amines is 1. The number of anilines is 1. The number of esters is 2. The van der Waals surface area contributed by atoms with Crippen molar-refractivity contribution in [3.8, 4) is 0 Å². The third-order valence-corrected chi connectivity index (χ3v) is 2.36. The van der Waals surface area contributed by atoms with E-state index in [0.717, 1.165) is 0 Å². The summed E-state index contributed by atoms with van der Waals surface area (Å²) in [6.07, 6.45) is -0.408. The average molecular weight is 283 g/mol. The molecule has 110 valence electrons. The molecule has 0 aromatic carbocycles. The van der Waals surface area contributed by atoms with Crippen LogP contribution >= 0.6 is 0 Å². The van der Waals surface area contributed by atoms with Gasteiger partial charge >= 0.3 is 11.9 Å². The van der Waals surface area contributed by atoms with Crippen LogP contribution in [-0.2, 0) is 19.1 Å². The molecule has 0 fully saturated rings. The molecule has 0 bridgehead atoms. The van der Waals surface area contributed by atoms with Gasteiger partial charge in [-0.3, -0.25) is 14.7 Å². The molecule has 0 aliphatic carbocycles. The molecule has 0 aliphatic rings. The quantitative estimate of drug-likeness (QED) is 0.590. The van der Waals surface area contributed by atoms with Crippen LogP contribution in [0, 0.1) is 6.92 Å². The van der Waals surface area contributed by atoms with Gasteiger partial charge < -0.3 is 14.8 Å². The maximum atomic E-state index is 11.6. The van der Waals surface area contributed by atoms with Gasteiger partial charge in [0.05, 0.1) is 13.2 Å². The lowest BCUT2D eigenvalue weighted by Crippen LogP contribution is -2.18. The smallest absolute Gasteiger partial charge is 0.356 e. The minimum Gasteiger partial charge on any atom is -0.466 e. The van der Waals surface area contributed by atoms with Crippen molar-refractivity contribution < 1.29 is 23.9 Å². The van der Waals surface area contributed by atoms with Crippen molar-refractivity contribution in [3.63, 3.8) is 0 Å². The third-order valence-electron chi connectivity index (χ3n) is 2.36. The lowest BCUT2D eigenvalue weighted by Gasteiger charge is -2.03. The molecule has 0 unspecified atom stereocenters. The van der Waals surface area contributed by atoms with E-state index < -0.39 is 24.3 Å². The molecule has 0 spiro atoms. The third kappa shape index (κ3) is 4.08. The van der Waals surface area contributed by atoms with Crippen molar-refractivity contribution in [2.45, 2.75) is 27.2 Å². The van der Waals surface area contributed by atoms with Crippen LogP contribution in [0.4, 0.5) is 5.82 Å². The number of nitrogens with zero attached hydrogens (tertiary/aromatic N) is 1. The Bertz CT molecular complexity index is 509. The highest BCUT2D eigenvalue weighted by atomic mass is 16.5. The molecule has 20 heavy (non-hydrogen) atoms. The first-order valence-electron chi connectivity index (χ1n) is 6.17. The van der Waals surface area contributed by atoms with E-state index in [0.29, 0.717) is 5.56 Å². The number of hydrogen-bond acceptors (Lipinski definition) is 6. The van der Waals surface area contributed by atoms with Gasteiger partial charge in [-0.2, -0.15) is 5.10 Å².